The molecule has 0 aliphatic rings. The number of ether oxygens (including phenoxy) is 1. The van der Waals surface area contributed by atoms with Gasteiger partial charge in [-0.2, -0.15) is 0 Å². The fraction of sp³-hybridized carbons (Fsp3) is 0.429. The Morgan fingerprint density at radius 1 is 1.83 bits per heavy atom. The summed E-state index contributed by atoms with van der Waals surface area (Å²) >= 11 is 5.72. The molecule has 1 aromatic rings. The van der Waals surface area contributed by atoms with Crippen LogP contribution in [0.5, 0.6) is 0 Å². The number of carbonyl (C=O) groups is 1. The third kappa shape index (κ3) is 1.76. The van der Waals surface area contributed by atoms with Gasteiger partial charge in [-0.15, -0.1) is 11.6 Å². The van der Waals surface area contributed by atoms with Crippen LogP contribution in [0.15, 0.2) is 12.5 Å². The highest BCUT2D eigenvalue weighted by Crippen LogP contribution is 2.18. The third-order valence-corrected chi connectivity index (χ3v) is 1.79. The van der Waals surface area contributed by atoms with Crippen LogP contribution in [0.4, 0.5) is 0 Å². The molecule has 12 heavy (non-hydrogen) atoms. The van der Waals surface area contributed by atoms with E-state index in [1.165, 1.54) is 7.11 Å². The number of alkyl halides is 1. The first kappa shape index (κ1) is 9.06. The number of rotatable bonds is 2. The van der Waals surface area contributed by atoms with Gasteiger partial charge in [-0.05, 0) is 0 Å². The lowest BCUT2D eigenvalue weighted by molar-refractivity contribution is -0.140. The first-order valence-corrected chi connectivity index (χ1v) is 3.78. The number of aryl methyl sites for hydroxylation is 1. The van der Waals surface area contributed by atoms with Crippen LogP contribution in [0.3, 0.4) is 0 Å². The topological polar surface area (TPSA) is 44.1 Å². The summed E-state index contributed by atoms with van der Waals surface area (Å²) in [5.74, 6) is -0.490. The molecule has 1 heterocycles. The molecule has 0 N–H and O–H groups in total. The molecule has 1 rings (SSSR count). The van der Waals surface area contributed by atoms with Crippen LogP contribution in [0.25, 0.3) is 0 Å². The molecule has 0 fully saturated rings. The van der Waals surface area contributed by atoms with E-state index in [1.807, 2.05) is 0 Å². The largest absolute Gasteiger partial charge is 0.468 e. The Bertz CT molecular complexity index is 285. The van der Waals surface area contributed by atoms with Crippen molar-refractivity contribution in [3.63, 3.8) is 0 Å². The van der Waals surface area contributed by atoms with Gasteiger partial charge in [0.05, 0.1) is 19.1 Å². The molecule has 0 aliphatic heterocycles. The molecule has 0 saturated heterocycles. The van der Waals surface area contributed by atoms with E-state index in [0.717, 1.165) is 0 Å². The number of imidazole rings is 1. The molecule has 66 valence electrons. The van der Waals surface area contributed by atoms with E-state index in [2.05, 4.69) is 9.72 Å². The Labute approximate surface area is 75.1 Å². The van der Waals surface area contributed by atoms with Crippen LogP contribution < -0.4 is 0 Å². The lowest BCUT2D eigenvalue weighted by Gasteiger charge is -2.02. The molecular formula is C7H9ClN2O2. The quantitative estimate of drug-likeness (QED) is 0.511. The van der Waals surface area contributed by atoms with Gasteiger partial charge in [0.25, 0.3) is 0 Å². The van der Waals surface area contributed by atoms with E-state index in [9.17, 15) is 4.79 Å². The van der Waals surface area contributed by atoms with Crippen molar-refractivity contribution in [3.8, 4) is 0 Å². The molecule has 0 bridgehead atoms. The summed E-state index contributed by atoms with van der Waals surface area (Å²) in [6, 6.07) is 0. The second-order valence-electron chi connectivity index (χ2n) is 2.35. The molecule has 0 aliphatic carbocycles. The maximum Gasteiger partial charge on any atom is 0.330 e. The van der Waals surface area contributed by atoms with Crippen LogP contribution in [-0.4, -0.2) is 22.6 Å². The molecule has 0 radical (unpaired) electrons. The summed E-state index contributed by atoms with van der Waals surface area (Å²) < 4.78 is 6.17. The Balaban J connectivity index is 2.77. The zero-order valence-electron chi connectivity index (χ0n) is 6.82. The van der Waals surface area contributed by atoms with Crippen LogP contribution >= 0.6 is 11.6 Å². The molecule has 4 nitrogen and oxygen atoms in total. The van der Waals surface area contributed by atoms with E-state index >= 15 is 0 Å². The summed E-state index contributed by atoms with van der Waals surface area (Å²) in [7, 11) is 3.10. The van der Waals surface area contributed by atoms with Gasteiger partial charge >= 0.3 is 5.97 Å². The summed E-state index contributed by atoms with van der Waals surface area (Å²) in [5, 5.41) is -0.809. The van der Waals surface area contributed by atoms with Crippen molar-refractivity contribution in [1.29, 1.82) is 0 Å². The molecule has 1 aromatic heterocycles. The number of carbonyl (C=O) groups excluding carboxylic acids is 1. The molecule has 0 amide bonds. The highest BCUT2D eigenvalue weighted by atomic mass is 35.5. The molecule has 5 heteroatoms. The van der Waals surface area contributed by atoms with Crippen molar-refractivity contribution in [2.24, 2.45) is 7.05 Å². The van der Waals surface area contributed by atoms with E-state index < -0.39 is 11.3 Å². The molecule has 0 saturated carbocycles. The van der Waals surface area contributed by atoms with Crippen LogP contribution in [0.2, 0.25) is 0 Å². The second kappa shape index (κ2) is 3.58. The van der Waals surface area contributed by atoms with E-state index in [1.54, 1.807) is 24.1 Å². The minimum Gasteiger partial charge on any atom is -0.468 e. The smallest absolute Gasteiger partial charge is 0.330 e. The van der Waals surface area contributed by atoms with E-state index in [-0.39, 0.29) is 0 Å². The van der Waals surface area contributed by atoms with Crippen molar-refractivity contribution in [3.05, 3.63) is 18.2 Å². The average Bonchev–Trinajstić information content (AvgIpc) is 2.49. The van der Waals surface area contributed by atoms with E-state index in [4.69, 9.17) is 11.6 Å². The highest BCUT2D eigenvalue weighted by molar-refractivity contribution is 6.29. The minimum absolute atomic E-state index is 0.490. The predicted octanol–water partition coefficient (Wildman–Crippen LogP) is 0.873. The first-order valence-electron chi connectivity index (χ1n) is 3.35. The Hall–Kier alpha value is -1.03. The van der Waals surface area contributed by atoms with Gasteiger partial charge in [0.2, 0.25) is 0 Å². The number of aromatic nitrogens is 2. The fourth-order valence-electron chi connectivity index (χ4n) is 0.788. The standard InChI is InChI=1S/C7H9ClN2O2/c1-10-3-5(9-4-10)6(8)7(11)12-2/h3-4,6H,1-2H3. The lowest BCUT2D eigenvalue weighted by Crippen LogP contribution is -2.08. The van der Waals surface area contributed by atoms with E-state index in [0.29, 0.717) is 5.69 Å². The number of hydrogen-bond acceptors (Lipinski definition) is 3. The average molecular weight is 189 g/mol. The maximum absolute atomic E-state index is 10.9. The minimum atomic E-state index is -0.809. The van der Waals surface area contributed by atoms with Crippen molar-refractivity contribution in [2.45, 2.75) is 5.38 Å². The number of methoxy groups -OCH3 is 1. The zero-order chi connectivity index (χ0) is 9.14. The van der Waals surface area contributed by atoms with Crippen molar-refractivity contribution < 1.29 is 9.53 Å². The van der Waals surface area contributed by atoms with Gasteiger partial charge < -0.3 is 9.30 Å². The van der Waals surface area contributed by atoms with Crippen LogP contribution in [0.1, 0.15) is 11.1 Å². The summed E-state index contributed by atoms with van der Waals surface area (Å²) in [6.07, 6.45) is 3.25. The molecule has 0 aromatic carbocycles. The molecular weight excluding hydrogens is 180 g/mol. The summed E-state index contributed by atoms with van der Waals surface area (Å²) in [6.45, 7) is 0. The summed E-state index contributed by atoms with van der Waals surface area (Å²) in [4.78, 5) is 14.8. The lowest BCUT2D eigenvalue weighted by atomic mass is 10.3. The Morgan fingerprint density at radius 2 is 2.50 bits per heavy atom. The predicted molar refractivity (Wildman–Crippen MR) is 43.8 cm³/mol. The van der Waals surface area contributed by atoms with Crippen LogP contribution in [-0.2, 0) is 16.6 Å². The van der Waals surface area contributed by atoms with Gasteiger partial charge in [-0.3, -0.25) is 4.79 Å². The van der Waals surface area contributed by atoms with Crippen molar-refractivity contribution >= 4 is 17.6 Å². The number of hydrogen-bond donors (Lipinski definition) is 0. The monoisotopic (exact) mass is 188 g/mol. The molecule has 1 unspecified atom stereocenters. The SMILES string of the molecule is COC(=O)C(Cl)c1cn(C)cn1. The molecule has 0 spiro atoms. The Kier molecular flexibility index (Phi) is 2.70. The van der Waals surface area contributed by atoms with Crippen molar-refractivity contribution in [1.82, 2.24) is 9.55 Å². The fourth-order valence-corrected chi connectivity index (χ4v) is 0.990. The zero-order valence-corrected chi connectivity index (χ0v) is 7.58. The summed E-state index contributed by atoms with van der Waals surface area (Å²) in [5.41, 5.74) is 0.506. The Morgan fingerprint density at radius 3 is 2.92 bits per heavy atom. The van der Waals surface area contributed by atoms with Gasteiger partial charge in [0, 0.05) is 13.2 Å². The molecule has 1 atom stereocenters. The highest BCUT2D eigenvalue weighted by Gasteiger charge is 2.19. The van der Waals surface area contributed by atoms with Gasteiger partial charge in [-0.25, -0.2) is 4.98 Å². The van der Waals surface area contributed by atoms with Gasteiger partial charge in [-0.1, -0.05) is 0 Å². The van der Waals surface area contributed by atoms with Crippen LogP contribution in [0, 0.1) is 0 Å². The number of halogens is 1. The second-order valence-corrected chi connectivity index (χ2v) is 2.79. The van der Waals surface area contributed by atoms with Crippen molar-refractivity contribution in [2.75, 3.05) is 7.11 Å². The maximum atomic E-state index is 10.9. The third-order valence-electron chi connectivity index (χ3n) is 1.39. The first-order chi connectivity index (χ1) is 5.65. The number of nitrogens with zero attached hydrogens (tertiary/aromatic N) is 2. The van der Waals surface area contributed by atoms with Gasteiger partial charge in [0.1, 0.15) is 0 Å². The van der Waals surface area contributed by atoms with Gasteiger partial charge in [0.15, 0.2) is 5.38 Å². The normalized spacial score (nSPS) is 12.6. The number of esters is 1.